The van der Waals surface area contributed by atoms with Crippen LogP contribution < -0.4 is 9.88 Å². The number of benzene rings is 1. The van der Waals surface area contributed by atoms with Gasteiger partial charge < -0.3 is 14.8 Å². The molecule has 1 aliphatic rings. The minimum atomic E-state index is -0.895. The fourth-order valence-corrected chi connectivity index (χ4v) is 4.09. The molecule has 0 unspecified atom stereocenters. The minimum absolute atomic E-state index is 0.0677. The highest BCUT2D eigenvalue weighted by Gasteiger charge is 2.39. The number of rotatable bonds is 8. The predicted octanol–water partition coefficient (Wildman–Crippen LogP) is 3.14. The molecule has 1 aliphatic heterocycles. The largest absolute Gasteiger partial charge is 0.463 e. The average Bonchev–Trinajstić information content (AvgIpc) is 2.83. The summed E-state index contributed by atoms with van der Waals surface area (Å²) in [5.41, 5.74) is 0.983. The van der Waals surface area contributed by atoms with E-state index in [0.717, 1.165) is 12.1 Å². The molecule has 12 nitrogen and oxygen atoms in total. The molecule has 36 heavy (non-hydrogen) atoms. The van der Waals surface area contributed by atoms with Crippen molar-refractivity contribution in [2.24, 2.45) is 0 Å². The topological polar surface area (TPSA) is 155 Å². The zero-order valence-corrected chi connectivity index (χ0v) is 20.1. The van der Waals surface area contributed by atoms with Gasteiger partial charge in [-0.3, -0.25) is 20.2 Å². The van der Waals surface area contributed by atoms with E-state index in [1.807, 2.05) is 0 Å². The first kappa shape index (κ1) is 26.0. The molecule has 0 atom stereocenters. The van der Waals surface area contributed by atoms with E-state index >= 15 is 0 Å². The number of nitro groups is 2. The Labute approximate surface area is 206 Å². The van der Waals surface area contributed by atoms with Crippen LogP contribution in [0.1, 0.15) is 39.2 Å². The van der Waals surface area contributed by atoms with Crippen molar-refractivity contribution in [1.29, 1.82) is 0 Å². The number of carbonyl (C=O) groups is 2. The van der Waals surface area contributed by atoms with E-state index in [1.165, 1.54) is 23.0 Å². The predicted molar refractivity (Wildman–Crippen MR) is 126 cm³/mol. The van der Waals surface area contributed by atoms with Crippen molar-refractivity contribution in [3.05, 3.63) is 91.1 Å². The van der Waals surface area contributed by atoms with E-state index in [4.69, 9.17) is 9.47 Å². The molecule has 188 valence electrons. The number of nitro benzene ring substituents is 2. The SMILES string of the molecule is CCOC(=O)C1=C(C)NC(C)=C(C(=O)OCC)C1c1ccc[n+](-c2ccc([N+](=O)[O-])cc2[N+](=O)[O-])c1. The number of allylic oxidation sites excluding steroid dienone is 2. The number of dihydropyridines is 1. The smallest absolute Gasteiger partial charge is 0.347 e. The zero-order valence-electron chi connectivity index (χ0n) is 20.1. The molecule has 0 radical (unpaired) electrons. The Bertz CT molecular complexity index is 1270. The summed E-state index contributed by atoms with van der Waals surface area (Å²) in [6.07, 6.45) is 3.06. The summed E-state index contributed by atoms with van der Waals surface area (Å²) in [6, 6.07) is 6.57. The molecule has 3 rings (SSSR count). The maximum absolute atomic E-state index is 13.0. The third-order valence-electron chi connectivity index (χ3n) is 5.55. The Balaban J connectivity index is 2.24. The molecule has 0 saturated heterocycles. The highest BCUT2D eigenvalue weighted by atomic mass is 16.6. The molecule has 1 N–H and O–H groups in total. The quantitative estimate of drug-likeness (QED) is 0.251. The maximum atomic E-state index is 13.0. The van der Waals surface area contributed by atoms with Crippen molar-refractivity contribution < 1.29 is 33.5 Å². The molecule has 12 heteroatoms. The monoisotopic (exact) mass is 497 g/mol. The van der Waals surface area contributed by atoms with Gasteiger partial charge in [0.1, 0.15) is 6.07 Å². The van der Waals surface area contributed by atoms with Crippen LogP contribution >= 0.6 is 0 Å². The van der Waals surface area contributed by atoms with Crippen LogP contribution in [0.15, 0.2) is 65.3 Å². The number of nitrogens with one attached hydrogen (secondary N) is 1. The summed E-state index contributed by atoms with van der Waals surface area (Å²) in [4.78, 5) is 47.3. The highest BCUT2D eigenvalue weighted by Crippen LogP contribution is 2.39. The van der Waals surface area contributed by atoms with Crippen molar-refractivity contribution in [2.75, 3.05) is 13.2 Å². The summed E-state index contributed by atoms with van der Waals surface area (Å²) < 4.78 is 11.9. The van der Waals surface area contributed by atoms with Gasteiger partial charge in [0.25, 0.3) is 11.4 Å². The van der Waals surface area contributed by atoms with Crippen LogP contribution in [0.2, 0.25) is 0 Å². The highest BCUT2D eigenvalue weighted by molar-refractivity contribution is 5.99. The fraction of sp³-hybridized carbons (Fsp3) is 0.292. The lowest BCUT2D eigenvalue weighted by molar-refractivity contribution is -0.601. The first-order chi connectivity index (χ1) is 17.1. The number of pyridine rings is 1. The molecule has 2 heterocycles. The summed E-state index contributed by atoms with van der Waals surface area (Å²) in [5.74, 6) is -2.15. The van der Waals surface area contributed by atoms with E-state index in [1.54, 1.807) is 39.8 Å². The molecule has 1 aromatic carbocycles. The van der Waals surface area contributed by atoms with Gasteiger partial charge in [-0.2, -0.15) is 4.57 Å². The van der Waals surface area contributed by atoms with Crippen LogP contribution in [-0.4, -0.2) is 35.0 Å². The van der Waals surface area contributed by atoms with Gasteiger partial charge in [-0.25, -0.2) is 9.59 Å². The van der Waals surface area contributed by atoms with Gasteiger partial charge in [0.05, 0.1) is 40.1 Å². The molecule has 0 saturated carbocycles. The lowest BCUT2D eigenvalue weighted by Gasteiger charge is -2.29. The number of esters is 2. The maximum Gasteiger partial charge on any atom is 0.347 e. The number of ether oxygens (including phenoxy) is 2. The van der Waals surface area contributed by atoms with Crippen molar-refractivity contribution >= 4 is 23.3 Å². The summed E-state index contributed by atoms with van der Waals surface area (Å²) in [5, 5.41) is 25.9. The number of hydrogen-bond donors (Lipinski definition) is 1. The second-order valence-corrected chi connectivity index (χ2v) is 7.81. The van der Waals surface area contributed by atoms with Gasteiger partial charge in [-0.1, -0.05) is 0 Å². The van der Waals surface area contributed by atoms with E-state index in [9.17, 15) is 29.8 Å². The molecule has 0 fully saturated rings. The van der Waals surface area contributed by atoms with Gasteiger partial charge in [-0.05, 0) is 33.8 Å². The fourth-order valence-electron chi connectivity index (χ4n) is 4.09. The number of aromatic nitrogens is 1. The lowest BCUT2D eigenvalue weighted by atomic mass is 9.81. The molecule has 0 aliphatic carbocycles. The van der Waals surface area contributed by atoms with Crippen molar-refractivity contribution in [1.82, 2.24) is 5.32 Å². The Morgan fingerprint density at radius 2 is 1.56 bits per heavy atom. The first-order valence-electron chi connectivity index (χ1n) is 11.1. The van der Waals surface area contributed by atoms with Gasteiger partial charge in [-0.15, -0.1) is 0 Å². The van der Waals surface area contributed by atoms with E-state index in [-0.39, 0.29) is 30.0 Å². The van der Waals surface area contributed by atoms with Gasteiger partial charge in [0.2, 0.25) is 0 Å². The van der Waals surface area contributed by atoms with Crippen LogP contribution in [0, 0.1) is 20.2 Å². The molecule has 0 bridgehead atoms. The number of carbonyl (C=O) groups excluding carboxylic acids is 2. The summed E-state index contributed by atoms with van der Waals surface area (Å²) in [6.45, 7) is 6.92. The number of hydrogen-bond acceptors (Lipinski definition) is 9. The molecular weight excluding hydrogens is 472 g/mol. The van der Waals surface area contributed by atoms with Crippen LogP contribution in [-0.2, 0) is 19.1 Å². The Morgan fingerprint density at radius 1 is 0.972 bits per heavy atom. The first-order valence-corrected chi connectivity index (χ1v) is 11.1. The summed E-state index contributed by atoms with van der Waals surface area (Å²) >= 11 is 0. The Hall–Kier alpha value is -4.61. The normalized spacial score (nSPS) is 13.8. The van der Waals surface area contributed by atoms with Crippen LogP contribution in [0.5, 0.6) is 0 Å². The minimum Gasteiger partial charge on any atom is -0.463 e. The standard InChI is InChI=1S/C24H24N4O8/c1-5-35-23(29)20-14(3)25-15(4)21(24(30)36-6-2)22(20)16-8-7-11-26(13-16)18-10-9-17(27(31)32)12-19(18)28(33)34/h7-13,22H,5-6H2,1-4H3/p+1. The van der Waals surface area contributed by atoms with E-state index < -0.39 is 39.1 Å². The third-order valence-corrected chi connectivity index (χ3v) is 5.55. The summed E-state index contributed by atoms with van der Waals surface area (Å²) in [7, 11) is 0. The van der Waals surface area contributed by atoms with Gasteiger partial charge in [0, 0.05) is 35.2 Å². The molecular formula is C24H25N4O8+. The van der Waals surface area contributed by atoms with Crippen LogP contribution in [0.3, 0.4) is 0 Å². The zero-order chi connectivity index (χ0) is 26.6. The third kappa shape index (κ3) is 5.06. The lowest BCUT2D eigenvalue weighted by Crippen LogP contribution is -2.35. The van der Waals surface area contributed by atoms with Gasteiger partial charge >= 0.3 is 17.6 Å². The van der Waals surface area contributed by atoms with Crippen molar-refractivity contribution in [2.45, 2.75) is 33.6 Å². The Kier molecular flexibility index (Phi) is 7.77. The molecule has 2 aromatic rings. The number of non-ortho nitro benzene ring substituents is 1. The Morgan fingerprint density at radius 3 is 2.06 bits per heavy atom. The number of nitrogens with zero attached hydrogens (tertiary/aromatic N) is 3. The van der Waals surface area contributed by atoms with Crippen molar-refractivity contribution in [3.8, 4) is 5.69 Å². The van der Waals surface area contributed by atoms with Crippen LogP contribution in [0.4, 0.5) is 11.4 Å². The van der Waals surface area contributed by atoms with E-state index in [2.05, 4.69) is 5.32 Å². The van der Waals surface area contributed by atoms with E-state index in [0.29, 0.717) is 17.0 Å². The van der Waals surface area contributed by atoms with Crippen molar-refractivity contribution in [3.63, 3.8) is 0 Å². The second kappa shape index (κ2) is 10.8. The average molecular weight is 497 g/mol. The molecule has 0 amide bonds. The molecule has 1 aromatic heterocycles. The second-order valence-electron chi connectivity index (χ2n) is 7.81. The van der Waals surface area contributed by atoms with Gasteiger partial charge in [0.15, 0.2) is 12.4 Å². The van der Waals surface area contributed by atoms with Crippen LogP contribution in [0.25, 0.3) is 5.69 Å². The molecule has 0 spiro atoms.